The molecule has 1 N–H and O–H groups in total. The van der Waals surface area contributed by atoms with Crippen molar-refractivity contribution in [3.63, 3.8) is 0 Å². The Kier molecular flexibility index (Phi) is 3.35. The van der Waals surface area contributed by atoms with Crippen molar-refractivity contribution in [2.75, 3.05) is 13.1 Å². The lowest BCUT2D eigenvalue weighted by Crippen LogP contribution is -2.49. The summed E-state index contributed by atoms with van der Waals surface area (Å²) in [5.41, 5.74) is 0. The third-order valence-corrected chi connectivity index (χ3v) is 6.77. The summed E-state index contributed by atoms with van der Waals surface area (Å²) in [5.74, 6) is 3.15. The van der Waals surface area contributed by atoms with E-state index in [1.165, 1.54) is 58.0 Å². The second-order valence-corrected chi connectivity index (χ2v) is 7.79. The molecule has 6 atom stereocenters. The predicted molar refractivity (Wildman–Crippen MR) is 79.2 cm³/mol. The zero-order chi connectivity index (χ0) is 12.8. The molecule has 4 fully saturated rings. The summed E-state index contributed by atoms with van der Waals surface area (Å²) in [6.45, 7) is 5.20. The van der Waals surface area contributed by atoms with Crippen LogP contribution in [0.1, 0.15) is 58.3 Å². The minimum Gasteiger partial charge on any atom is -0.310 e. The summed E-state index contributed by atoms with van der Waals surface area (Å²) < 4.78 is 0. The Balaban J connectivity index is 1.36. The molecule has 2 saturated carbocycles. The molecule has 0 radical (unpaired) electrons. The van der Waals surface area contributed by atoms with Crippen LogP contribution in [0.5, 0.6) is 0 Å². The van der Waals surface area contributed by atoms with E-state index >= 15 is 0 Å². The fourth-order valence-electron chi connectivity index (χ4n) is 5.81. The summed E-state index contributed by atoms with van der Waals surface area (Å²) in [6.07, 6.45) is 11.9. The van der Waals surface area contributed by atoms with E-state index < -0.39 is 0 Å². The van der Waals surface area contributed by atoms with Gasteiger partial charge in [0.05, 0.1) is 0 Å². The van der Waals surface area contributed by atoms with Gasteiger partial charge in [0, 0.05) is 24.7 Å². The molecule has 4 rings (SSSR count). The molecule has 19 heavy (non-hydrogen) atoms. The number of hydrogen-bond acceptors (Lipinski definition) is 2. The van der Waals surface area contributed by atoms with E-state index in [2.05, 4.69) is 17.1 Å². The van der Waals surface area contributed by atoms with Crippen LogP contribution in [0.3, 0.4) is 0 Å². The molecule has 0 aromatic carbocycles. The summed E-state index contributed by atoms with van der Waals surface area (Å²) >= 11 is 0. The molecule has 2 saturated heterocycles. The molecule has 0 amide bonds. The Hall–Kier alpha value is -0.0800. The predicted octanol–water partition coefficient (Wildman–Crippen LogP) is 3.03. The number of piperidine rings is 1. The highest BCUT2D eigenvalue weighted by molar-refractivity contribution is 4.99. The van der Waals surface area contributed by atoms with Crippen molar-refractivity contribution >= 4 is 0 Å². The van der Waals surface area contributed by atoms with Crippen LogP contribution in [-0.2, 0) is 0 Å². The van der Waals surface area contributed by atoms with Gasteiger partial charge in [-0.05, 0) is 69.7 Å². The lowest BCUT2D eigenvalue weighted by atomic mass is 9.83. The first-order chi connectivity index (χ1) is 9.31. The van der Waals surface area contributed by atoms with E-state index in [1.54, 1.807) is 6.42 Å². The van der Waals surface area contributed by atoms with Crippen LogP contribution in [0, 0.1) is 17.8 Å². The fraction of sp³-hybridized carbons (Fsp3) is 1.00. The lowest BCUT2D eigenvalue weighted by Gasteiger charge is -2.36. The second-order valence-electron chi connectivity index (χ2n) is 7.79. The number of fused-ring (bicyclic) bond motifs is 3. The highest BCUT2D eigenvalue weighted by atomic mass is 15.2. The van der Waals surface area contributed by atoms with Gasteiger partial charge in [-0.15, -0.1) is 0 Å². The number of hydrogen-bond donors (Lipinski definition) is 1. The van der Waals surface area contributed by atoms with Gasteiger partial charge in [0.2, 0.25) is 0 Å². The highest BCUT2D eigenvalue weighted by Gasteiger charge is 2.43. The molecule has 4 aliphatic rings. The van der Waals surface area contributed by atoms with Crippen molar-refractivity contribution in [2.24, 2.45) is 17.8 Å². The van der Waals surface area contributed by atoms with Gasteiger partial charge in [0.25, 0.3) is 0 Å². The van der Waals surface area contributed by atoms with Gasteiger partial charge >= 0.3 is 0 Å². The van der Waals surface area contributed by atoms with Crippen LogP contribution in [0.2, 0.25) is 0 Å². The number of nitrogens with zero attached hydrogens (tertiary/aromatic N) is 1. The van der Waals surface area contributed by atoms with Gasteiger partial charge in [-0.25, -0.2) is 0 Å². The van der Waals surface area contributed by atoms with Gasteiger partial charge < -0.3 is 5.32 Å². The molecule has 108 valence electrons. The van der Waals surface area contributed by atoms with Crippen LogP contribution in [-0.4, -0.2) is 36.1 Å². The van der Waals surface area contributed by atoms with Gasteiger partial charge in [0.15, 0.2) is 0 Å². The van der Waals surface area contributed by atoms with Crippen LogP contribution in [0.15, 0.2) is 0 Å². The molecule has 2 aliphatic heterocycles. The summed E-state index contributed by atoms with van der Waals surface area (Å²) in [4.78, 5) is 2.76. The maximum Gasteiger partial charge on any atom is 0.0249 e. The monoisotopic (exact) mass is 262 g/mol. The van der Waals surface area contributed by atoms with E-state index in [1.807, 2.05) is 0 Å². The van der Waals surface area contributed by atoms with Crippen molar-refractivity contribution in [1.29, 1.82) is 0 Å². The van der Waals surface area contributed by atoms with Crippen LogP contribution < -0.4 is 5.32 Å². The highest BCUT2D eigenvalue weighted by Crippen LogP contribution is 2.49. The first kappa shape index (κ1) is 12.6. The standard InChI is InChI=1S/C17H30N2/c1-12(15-11-13-5-6-14(15)10-13)18-16-7-9-19-8-3-2-4-17(16)19/h12-18H,2-11H2,1H3. The molecular weight excluding hydrogens is 232 g/mol. The third-order valence-electron chi connectivity index (χ3n) is 6.77. The Morgan fingerprint density at radius 1 is 1.00 bits per heavy atom. The molecule has 0 spiro atoms. The third kappa shape index (κ3) is 2.25. The first-order valence-corrected chi connectivity index (χ1v) is 8.81. The van der Waals surface area contributed by atoms with E-state index in [0.29, 0.717) is 0 Å². The fourth-order valence-corrected chi connectivity index (χ4v) is 5.81. The Labute approximate surface area is 118 Å². The van der Waals surface area contributed by atoms with Crippen LogP contribution in [0.25, 0.3) is 0 Å². The smallest absolute Gasteiger partial charge is 0.0249 e. The topological polar surface area (TPSA) is 15.3 Å². The zero-order valence-electron chi connectivity index (χ0n) is 12.5. The van der Waals surface area contributed by atoms with Crippen molar-refractivity contribution in [3.8, 4) is 0 Å². The molecule has 2 aliphatic carbocycles. The molecule has 2 bridgehead atoms. The Morgan fingerprint density at radius 2 is 1.95 bits per heavy atom. The van der Waals surface area contributed by atoms with Gasteiger partial charge in [-0.3, -0.25) is 4.90 Å². The first-order valence-electron chi connectivity index (χ1n) is 8.81. The summed E-state index contributed by atoms with van der Waals surface area (Å²) in [6, 6.07) is 2.44. The normalized spacial score (nSPS) is 47.5. The Bertz CT molecular complexity index is 329. The maximum atomic E-state index is 4.06. The SMILES string of the molecule is CC(NC1CCN2CCCCC12)C1CC2CCC1C2. The number of rotatable bonds is 3. The molecule has 2 nitrogen and oxygen atoms in total. The molecule has 2 heterocycles. The summed E-state index contributed by atoms with van der Waals surface area (Å²) in [5, 5.41) is 4.06. The van der Waals surface area contributed by atoms with E-state index in [4.69, 9.17) is 0 Å². The Morgan fingerprint density at radius 3 is 2.74 bits per heavy atom. The average Bonchev–Trinajstić information content (AvgIpc) is 3.14. The molecular formula is C17H30N2. The van der Waals surface area contributed by atoms with Crippen LogP contribution >= 0.6 is 0 Å². The largest absolute Gasteiger partial charge is 0.310 e. The van der Waals surface area contributed by atoms with Gasteiger partial charge in [-0.2, -0.15) is 0 Å². The summed E-state index contributed by atoms with van der Waals surface area (Å²) in [7, 11) is 0. The molecule has 2 heteroatoms. The van der Waals surface area contributed by atoms with Crippen molar-refractivity contribution in [2.45, 2.75) is 76.4 Å². The molecule has 6 unspecified atom stereocenters. The average molecular weight is 262 g/mol. The zero-order valence-corrected chi connectivity index (χ0v) is 12.5. The van der Waals surface area contributed by atoms with Crippen molar-refractivity contribution < 1.29 is 0 Å². The van der Waals surface area contributed by atoms with E-state index in [0.717, 1.165) is 35.9 Å². The van der Waals surface area contributed by atoms with Gasteiger partial charge in [-0.1, -0.05) is 12.8 Å². The van der Waals surface area contributed by atoms with E-state index in [9.17, 15) is 0 Å². The minimum atomic E-state index is 0.766. The quantitative estimate of drug-likeness (QED) is 0.841. The lowest BCUT2D eigenvalue weighted by molar-refractivity contribution is 0.165. The molecule has 0 aromatic rings. The minimum absolute atomic E-state index is 0.766. The second kappa shape index (κ2) is 5.04. The maximum absolute atomic E-state index is 4.06. The van der Waals surface area contributed by atoms with Crippen molar-refractivity contribution in [3.05, 3.63) is 0 Å². The van der Waals surface area contributed by atoms with Gasteiger partial charge in [0.1, 0.15) is 0 Å². The van der Waals surface area contributed by atoms with Crippen molar-refractivity contribution in [1.82, 2.24) is 10.2 Å². The number of nitrogens with one attached hydrogen (secondary N) is 1. The van der Waals surface area contributed by atoms with Crippen LogP contribution in [0.4, 0.5) is 0 Å². The molecule has 0 aromatic heterocycles. The van der Waals surface area contributed by atoms with E-state index in [-0.39, 0.29) is 0 Å².